The second kappa shape index (κ2) is 7.41. The Morgan fingerprint density at radius 3 is 1.92 bits per heavy atom. The molecule has 0 aliphatic rings. The van der Waals surface area contributed by atoms with E-state index in [2.05, 4.69) is 43.3 Å². The maximum absolute atomic E-state index is 2.16. The van der Waals surface area contributed by atoms with Crippen molar-refractivity contribution in [2.24, 2.45) is 0 Å². The van der Waals surface area contributed by atoms with Crippen LogP contribution in [0.4, 0.5) is 0 Å². The summed E-state index contributed by atoms with van der Waals surface area (Å²) in [6.45, 7) is 1.03. The molecule has 0 saturated carbocycles. The molecule has 0 aromatic heterocycles. The standard InChI is InChI=1S/C9H13N.2ClH/c1-10(2)8-9-6-4-3-5-7-9;;/h3-7H,8H2,1-2H3;2*1H. The molecule has 0 heterocycles. The molecule has 0 N–H and O–H groups in total. The van der Waals surface area contributed by atoms with E-state index in [9.17, 15) is 0 Å². The van der Waals surface area contributed by atoms with Gasteiger partial charge in [0.15, 0.2) is 0 Å². The summed E-state index contributed by atoms with van der Waals surface area (Å²) in [5, 5.41) is 0. The SMILES string of the molecule is CN(C)Cc1ccccc1.Cl.Cl. The van der Waals surface area contributed by atoms with E-state index in [1.54, 1.807) is 0 Å². The van der Waals surface area contributed by atoms with Gasteiger partial charge in [0.2, 0.25) is 0 Å². The van der Waals surface area contributed by atoms with Crippen LogP contribution in [0, 0.1) is 0 Å². The molecule has 70 valence electrons. The average molecular weight is 208 g/mol. The van der Waals surface area contributed by atoms with E-state index < -0.39 is 0 Å². The summed E-state index contributed by atoms with van der Waals surface area (Å²) >= 11 is 0. The molecule has 1 aromatic carbocycles. The number of hydrogen-bond donors (Lipinski definition) is 0. The monoisotopic (exact) mass is 207 g/mol. The summed E-state index contributed by atoms with van der Waals surface area (Å²) in [7, 11) is 4.15. The van der Waals surface area contributed by atoms with Crippen molar-refractivity contribution in [2.45, 2.75) is 6.54 Å². The Bertz CT molecular complexity index is 187. The minimum Gasteiger partial charge on any atom is -0.305 e. The van der Waals surface area contributed by atoms with Gasteiger partial charge < -0.3 is 4.90 Å². The molecule has 1 rings (SSSR count). The zero-order chi connectivity index (χ0) is 7.40. The van der Waals surface area contributed by atoms with Gasteiger partial charge in [-0.05, 0) is 19.7 Å². The van der Waals surface area contributed by atoms with E-state index >= 15 is 0 Å². The Morgan fingerprint density at radius 1 is 1.00 bits per heavy atom. The first-order chi connectivity index (χ1) is 4.79. The van der Waals surface area contributed by atoms with Crippen LogP contribution in [0.25, 0.3) is 0 Å². The summed E-state index contributed by atoms with van der Waals surface area (Å²) in [6, 6.07) is 10.5. The molecule has 0 spiro atoms. The summed E-state index contributed by atoms with van der Waals surface area (Å²) in [6.07, 6.45) is 0. The van der Waals surface area contributed by atoms with Crippen LogP contribution in [-0.2, 0) is 6.54 Å². The largest absolute Gasteiger partial charge is 0.305 e. The maximum atomic E-state index is 2.16. The van der Waals surface area contributed by atoms with Crippen LogP contribution in [0.15, 0.2) is 30.3 Å². The Kier molecular flexibility index (Phi) is 8.83. The first kappa shape index (κ1) is 14.3. The third-order valence-corrected chi connectivity index (χ3v) is 1.34. The van der Waals surface area contributed by atoms with Crippen molar-refractivity contribution < 1.29 is 0 Å². The fourth-order valence-corrected chi connectivity index (χ4v) is 0.949. The van der Waals surface area contributed by atoms with Gasteiger partial charge in [0, 0.05) is 6.54 Å². The molecule has 0 saturated heterocycles. The van der Waals surface area contributed by atoms with Crippen molar-refractivity contribution in [3.05, 3.63) is 35.9 Å². The van der Waals surface area contributed by atoms with E-state index in [1.165, 1.54) is 5.56 Å². The lowest BCUT2D eigenvalue weighted by Crippen LogP contribution is -2.10. The summed E-state index contributed by atoms with van der Waals surface area (Å²) < 4.78 is 0. The topological polar surface area (TPSA) is 3.24 Å². The summed E-state index contributed by atoms with van der Waals surface area (Å²) in [5.74, 6) is 0. The van der Waals surface area contributed by atoms with Crippen molar-refractivity contribution in [3.8, 4) is 0 Å². The number of rotatable bonds is 2. The fourth-order valence-electron chi connectivity index (χ4n) is 0.949. The Hall–Kier alpha value is -0.240. The lowest BCUT2D eigenvalue weighted by Gasteiger charge is -2.08. The van der Waals surface area contributed by atoms with Crippen molar-refractivity contribution in [1.82, 2.24) is 4.90 Å². The van der Waals surface area contributed by atoms with Crippen LogP contribution in [-0.4, -0.2) is 19.0 Å². The molecular formula is C9H15Cl2N. The van der Waals surface area contributed by atoms with Gasteiger partial charge in [0.25, 0.3) is 0 Å². The minimum absolute atomic E-state index is 0. The van der Waals surface area contributed by atoms with Crippen LogP contribution >= 0.6 is 24.8 Å². The van der Waals surface area contributed by atoms with Crippen LogP contribution in [0.1, 0.15) is 5.56 Å². The molecule has 0 aliphatic carbocycles. The van der Waals surface area contributed by atoms with Crippen molar-refractivity contribution in [3.63, 3.8) is 0 Å². The summed E-state index contributed by atoms with van der Waals surface area (Å²) in [4.78, 5) is 2.16. The van der Waals surface area contributed by atoms with Gasteiger partial charge in [0.05, 0.1) is 0 Å². The van der Waals surface area contributed by atoms with Gasteiger partial charge in [-0.15, -0.1) is 24.8 Å². The van der Waals surface area contributed by atoms with Gasteiger partial charge >= 0.3 is 0 Å². The quantitative estimate of drug-likeness (QED) is 0.722. The van der Waals surface area contributed by atoms with Gasteiger partial charge in [-0.1, -0.05) is 30.3 Å². The molecule has 0 atom stereocenters. The van der Waals surface area contributed by atoms with Crippen LogP contribution in [0.3, 0.4) is 0 Å². The molecule has 0 fully saturated rings. The van der Waals surface area contributed by atoms with Gasteiger partial charge in [-0.2, -0.15) is 0 Å². The second-order valence-electron chi connectivity index (χ2n) is 2.72. The first-order valence-corrected chi connectivity index (χ1v) is 3.47. The molecule has 1 aromatic rings. The first-order valence-electron chi connectivity index (χ1n) is 3.47. The molecular weight excluding hydrogens is 193 g/mol. The number of halogens is 2. The molecule has 12 heavy (non-hydrogen) atoms. The molecule has 0 bridgehead atoms. The highest BCUT2D eigenvalue weighted by Crippen LogP contribution is 1.99. The van der Waals surface area contributed by atoms with Crippen molar-refractivity contribution in [2.75, 3.05) is 14.1 Å². The predicted molar refractivity (Wildman–Crippen MR) is 58.3 cm³/mol. The van der Waals surface area contributed by atoms with Crippen LogP contribution in [0.2, 0.25) is 0 Å². The lowest BCUT2D eigenvalue weighted by atomic mass is 10.2. The van der Waals surface area contributed by atoms with E-state index in [4.69, 9.17) is 0 Å². The Morgan fingerprint density at radius 2 is 1.50 bits per heavy atom. The zero-order valence-electron chi connectivity index (χ0n) is 7.36. The zero-order valence-corrected chi connectivity index (χ0v) is 8.99. The minimum atomic E-state index is 0. The normalized spacial score (nSPS) is 8.58. The van der Waals surface area contributed by atoms with Crippen LogP contribution in [0.5, 0.6) is 0 Å². The van der Waals surface area contributed by atoms with Crippen molar-refractivity contribution in [1.29, 1.82) is 0 Å². The van der Waals surface area contributed by atoms with Gasteiger partial charge in [-0.25, -0.2) is 0 Å². The molecule has 3 heteroatoms. The van der Waals surface area contributed by atoms with E-state index in [0.717, 1.165) is 6.54 Å². The highest BCUT2D eigenvalue weighted by molar-refractivity contribution is 5.85. The van der Waals surface area contributed by atoms with E-state index in [0.29, 0.717) is 0 Å². The molecule has 0 amide bonds. The number of nitrogens with zero attached hydrogens (tertiary/aromatic N) is 1. The Balaban J connectivity index is 0. The van der Waals surface area contributed by atoms with Crippen molar-refractivity contribution >= 4 is 24.8 Å². The molecule has 1 nitrogen and oxygen atoms in total. The molecule has 0 radical (unpaired) electrons. The lowest BCUT2D eigenvalue weighted by molar-refractivity contribution is 0.402. The third-order valence-electron chi connectivity index (χ3n) is 1.34. The highest BCUT2D eigenvalue weighted by atomic mass is 35.5. The van der Waals surface area contributed by atoms with Crippen LogP contribution < -0.4 is 0 Å². The second-order valence-corrected chi connectivity index (χ2v) is 2.72. The average Bonchev–Trinajstić information content (AvgIpc) is 1.88. The Labute approximate surface area is 86.6 Å². The molecule has 0 unspecified atom stereocenters. The summed E-state index contributed by atoms with van der Waals surface area (Å²) in [5.41, 5.74) is 1.37. The number of benzene rings is 1. The molecule has 0 aliphatic heterocycles. The third kappa shape index (κ3) is 5.42. The van der Waals surface area contributed by atoms with E-state index in [-0.39, 0.29) is 24.8 Å². The van der Waals surface area contributed by atoms with Gasteiger partial charge in [0.1, 0.15) is 0 Å². The van der Waals surface area contributed by atoms with Gasteiger partial charge in [-0.3, -0.25) is 0 Å². The maximum Gasteiger partial charge on any atom is 0.0227 e. The predicted octanol–water partition coefficient (Wildman–Crippen LogP) is 2.59. The number of hydrogen-bond acceptors (Lipinski definition) is 1. The van der Waals surface area contributed by atoms with E-state index in [1.807, 2.05) is 6.07 Å². The fraction of sp³-hybridized carbons (Fsp3) is 0.333. The highest BCUT2D eigenvalue weighted by Gasteiger charge is 1.90. The smallest absolute Gasteiger partial charge is 0.0227 e.